The number of allylic oxidation sites excluding steroid dienone is 1. The molecule has 2 fully saturated rings. The average molecular weight is 707 g/mol. The first kappa shape index (κ1) is 37.7. The maximum Gasteiger partial charge on any atom is 0.453 e. The molecule has 3 aliphatic rings. The van der Waals surface area contributed by atoms with Crippen LogP contribution in [0, 0.1) is 23.2 Å². The van der Waals surface area contributed by atoms with Crippen molar-refractivity contribution in [3.63, 3.8) is 0 Å². The number of carbonyl (C=O) groups is 1. The summed E-state index contributed by atoms with van der Waals surface area (Å²) in [5.41, 5.74) is 4.93. The SMILES string of the molecule is C=C1CCC2C3C(CC[C@]12C)c1ccc(OC(=O)c2ccccc2)cc1C[C@H]3CCCCCCCCCS(=O)CCCC(F)(F)C(F)(F)F. The number of halogens is 5. The Bertz CT molecular complexity index is 1460. The second-order valence-corrected chi connectivity index (χ2v) is 16.6. The van der Waals surface area contributed by atoms with Crippen LogP contribution in [0.5, 0.6) is 5.75 Å². The fourth-order valence-corrected chi connectivity index (χ4v) is 10.2. The van der Waals surface area contributed by atoms with Gasteiger partial charge in [0.05, 0.1) is 5.56 Å². The van der Waals surface area contributed by atoms with Crippen LogP contribution in [-0.2, 0) is 17.2 Å². The summed E-state index contributed by atoms with van der Waals surface area (Å²) < 4.78 is 80.8. The zero-order valence-corrected chi connectivity index (χ0v) is 29.5. The summed E-state index contributed by atoms with van der Waals surface area (Å²) >= 11 is 0. The van der Waals surface area contributed by atoms with Gasteiger partial charge in [-0.3, -0.25) is 4.21 Å². The van der Waals surface area contributed by atoms with Crippen LogP contribution in [0.2, 0.25) is 0 Å². The van der Waals surface area contributed by atoms with Gasteiger partial charge in [-0.1, -0.05) is 81.9 Å². The van der Waals surface area contributed by atoms with E-state index in [0.29, 0.717) is 47.2 Å². The van der Waals surface area contributed by atoms with E-state index in [2.05, 4.69) is 25.6 Å². The molecule has 0 aliphatic heterocycles. The van der Waals surface area contributed by atoms with E-state index in [1.165, 1.54) is 36.0 Å². The molecule has 0 saturated heterocycles. The highest BCUT2D eigenvalue weighted by Gasteiger charge is 2.56. The van der Waals surface area contributed by atoms with E-state index in [9.17, 15) is 31.0 Å². The van der Waals surface area contributed by atoms with Gasteiger partial charge >= 0.3 is 18.1 Å². The fourth-order valence-electron chi connectivity index (χ4n) is 9.01. The van der Waals surface area contributed by atoms with Crippen LogP contribution in [0.3, 0.4) is 0 Å². The highest BCUT2D eigenvalue weighted by atomic mass is 32.2. The first-order valence-electron chi connectivity index (χ1n) is 18.2. The van der Waals surface area contributed by atoms with E-state index in [-0.39, 0.29) is 17.1 Å². The average Bonchev–Trinajstić information content (AvgIpc) is 3.37. The molecule has 2 aromatic rings. The summed E-state index contributed by atoms with van der Waals surface area (Å²) in [5, 5.41) is 0. The molecule has 3 aliphatic carbocycles. The number of carbonyl (C=O) groups excluding carboxylic acids is 1. The molecule has 4 unspecified atom stereocenters. The predicted octanol–water partition coefficient (Wildman–Crippen LogP) is 11.4. The van der Waals surface area contributed by atoms with Crippen molar-refractivity contribution in [2.75, 3.05) is 11.5 Å². The summed E-state index contributed by atoms with van der Waals surface area (Å²) in [5.74, 6) is -1.86. The standard InChI is InChI=1S/C40H51F5O3S/c1-28-17-20-35-36-30(16-9-6-4-3-5-7-12-24-49(47)25-13-22-39(41,42)40(43,44)45)26-31-27-32(48-37(46)29-14-10-8-11-15-29)18-19-33(31)34(36)21-23-38(28,35)2/h8,10-11,14-15,18-19,27,30,34-36H,1,3-7,9,12-13,16-17,20-26H2,2H3/t30-,34?,35?,36?,38-,49?/m1/s1. The van der Waals surface area contributed by atoms with Gasteiger partial charge < -0.3 is 4.74 Å². The van der Waals surface area contributed by atoms with Gasteiger partial charge in [-0.2, -0.15) is 22.0 Å². The van der Waals surface area contributed by atoms with Crippen molar-refractivity contribution >= 4 is 16.8 Å². The van der Waals surface area contributed by atoms with Crippen molar-refractivity contribution in [1.29, 1.82) is 0 Å². The Hall–Kier alpha value is -2.55. The van der Waals surface area contributed by atoms with Crippen molar-refractivity contribution in [2.24, 2.45) is 23.2 Å². The van der Waals surface area contributed by atoms with Crippen LogP contribution < -0.4 is 4.74 Å². The molecule has 0 N–H and O–H groups in total. The van der Waals surface area contributed by atoms with Gasteiger partial charge in [0.2, 0.25) is 0 Å². The predicted molar refractivity (Wildman–Crippen MR) is 186 cm³/mol. The van der Waals surface area contributed by atoms with Crippen LogP contribution in [0.15, 0.2) is 60.7 Å². The topological polar surface area (TPSA) is 43.4 Å². The number of fused-ring (bicyclic) bond motifs is 5. The Morgan fingerprint density at radius 3 is 2.31 bits per heavy atom. The lowest BCUT2D eigenvalue weighted by molar-refractivity contribution is -0.284. The summed E-state index contributed by atoms with van der Waals surface area (Å²) in [6, 6.07) is 15.4. The number of unbranched alkanes of at least 4 members (excludes halogenated alkanes) is 6. The summed E-state index contributed by atoms with van der Waals surface area (Å²) in [6.45, 7) is 6.96. The minimum absolute atomic E-state index is 0.118. The summed E-state index contributed by atoms with van der Waals surface area (Å²) in [4.78, 5) is 12.8. The van der Waals surface area contributed by atoms with Gasteiger partial charge in [0.15, 0.2) is 0 Å². The third kappa shape index (κ3) is 9.04. The van der Waals surface area contributed by atoms with Crippen LogP contribution in [0.25, 0.3) is 0 Å². The normalized spacial score (nSPS) is 25.7. The Labute approximate surface area is 290 Å². The van der Waals surface area contributed by atoms with Crippen LogP contribution in [0.4, 0.5) is 22.0 Å². The maximum atomic E-state index is 13.0. The van der Waals surface area contributed by atoms with E-state index in [1.807, 2.05) is 24.3 Å². The third-order valence-electron chi connectivity index (χ3n) is 11.8. The molecular weight excluding hydrogens is 655 g/mol. The number of alkyl halides is 5. The minimum Gasteiger partial charge on any atom is -0.423 e. The zero-order chi connectivity index (χ0) is 35.2. The number of rotatable bonds is 16. The van der Waals surface area contributed by atoms with Gasteiger partial charge in [0.25, 0.3) is 0 Å². The lowest BCUT2D eigenvalue weighted by atomic mass is 9.52. The molecule has 270 valence electrons. The Balaban J connectivity index is 1.09. The van der Waals surface area contributed by atoms with Gasteiger partial charge in [-0.05, 0) is 116 Å². The highest BCUT2D eigenvalue weighted by Crippen LogP contribution is 2.64. The van der Waals surface area contributed by atoms with Crippen molar-refractivity contribution < 1.29 is 35.7 Å². The van der Waals surface area contributed by atoms with Gasteiger partial charge in [-0.25, -0.2) is 4.79 Å². The van der Waals surface area contributed by atoms with E-state index in [0.717, 1.165) is 57.8 Å². The van der Waals surface area contributed by atoms with Gasteiger partial charge in [0, 0.05) is 28.7 Å². The molecule has 5 rings (SSSR count). The van der Waals surface area contributed by atoms with Gasteiger partial charge in [0.1, 0.15) is 5.75 Å². The second-order valence-electron chi connectivity index (χ2n) is 14.9. The molecule has 49 heavy (non-hydrogen) atoms. The molecule has 3 nitrogen and oxygen atoms in total. The Morgan fingerprint density at radius 1 is 0.918 bits per heavy atom. The summed E-state index contributed by atoms with van der Waals surface area (Å²) in [6.07, 6.45) is 6.65. The molecule has 2 aromatic carbocycles. The fraction of sp³-hybridized carbons (Fsp3) is 0.625. The molecule has 9 heteroatoms. The zero-order valence-electron chi connectivity index (χ0n) is 28.7. The molecule has 0 heterocycles. The molecule has 2 saturated carbocycles. The second kappa shape index (κ2) is 16.2. The Morgan fingerprint density at radius 2 is 1.59 bits per heavy atom. The van der Waals surface area contributed by atoms with E-state index < -0.39 is 35.7 Å². The van der Waals surface area contributed by atoms with Crippen LogP contribution in [-0.4, -0.2) is 33.8 Å². The van der Waals surface area contributed by atoms with Crippen molar-refractivity contribution in [1.82, 2.24) is 0 Å². The maximum absolute atomic E-state index is 13.0. The van der Waals surface area contributed by atoms with E-state index in [1.54, 1.807) is 12.1 Å². The molecule has 0 radical (unpaired) electrons. The first-order valence-corrected chi connectivity index (χ1v) is 19.7. The molecule has 6 atom stereocenters. The van der Waals surface area contributed by atoms with Crippen molar-refractivity contribution in [2.45, 2.75) is 121 Å². The highest BCUT2D eigenvalue weighted by molar-refractivity contribution is 7.84. The van der Waals surface area contributed by atoms with Gasteiger partial charge in [-0.15, -0.1) is 0 Å². The van der Waals surface area contributed by atoms with E-state index >= 15 is 0 Å². The van der Waals surface area contributed by atoms with Crippen molar-refractivity contribution in [3.8, 4) is 5.75 Å². The molecule has 0 bridgehead atoms. The molecule has 0 spiro atoms. The van der Waals surface area contributed by atoms with Crippen LogP contribution in [0.1, 0.15) is 124 Å². The lowest BCUT2D eigenvalue weighted by Crippen LogP contribution is -2.44. The number of hydrogen-bond donors (Lipinski definition) is 0. The smallest absolute Gasteiger partial charge is 0.423 e. The number of hydrogen-bond acceptors (Lipinski definition) is 3. The first-order chi connectivity index (χ1) is 23.3. The lowest BCUT2D eigenvalue weighted by Gasteiger charge is -2.53. The number of ether oxygens (including phenoxy) is 1. The Kier molecular flexibility index (Phi) is 12.5. The molecular formula is C40H51F5O3S. The minimum atomic E-state index is -5.55. The molecule has 0 aromatic heterocycles. The van der Waals surface area contributed by atoms with E-state index in [4.69, 9.17) is 4.74 Å². The quantitative estimate of drug-likeness (QED) is 0.0574. The largest absolute Gasteiger partial charge is 0.453 e. The number of benzene rings is 2. The van der Waals surface area contributed by atoms with Crippen LogP contribution >= 0.6 is 0 Å². The monoisotopic (exact) mass is 706 g/mol. The summed E-state index contributed by atoms with van der Waals surface area (Å²) in [7, 11) is -1.37. The number of esters is 1. The molecule has 0 amide bonds. The third-order valence-corrected chi connectivity index (χ3v) is 13.3. The van der Waals surface area contributed by atoms with Crippen molar-refractivity contribution in [3.05, 3.63) is 77.4 Å².